The first-order valence-corrected chi connectivity index (χ1v) is 6.32. The Bertz CT molecular complexity index is 315. The van der Waals surface area contributed by atoms with E-state index in [0.29, 0.717) is 32.0 Å². The molecule has 1 saturated carbocycles. The first-order valence-electron chi connectivity index (χ1n) is 6.32. The third kappa shape index (κ3) is 3.43. The Morgan fingerprint density at radius 2 is 1.94 bits per heavy atom. The van der Waals surface area contributed by atoms with Gasteiger partial charge in [-0.15, -0.1) is 0 Å². The van der Waals surface area contributed by atoms with E-state index in [1.165, 1.54) is 12.8 Å². The van der Waals surface area contributed by atoms with Crippen molar-refractivity contribution in [1.82, 2.24) is 9.80 Å². The molecule has 0 bridgehead atoms. The van der Waals surface area contributed by atoms with Gasteiger partial charge in [-0.05, 0) is 25.8 Å². The molecule has 2 N–H and O–H groups in total. The van der Waals surface area contributed by atoms with Crippen molar-refractivity contribution in [2.75, 3.05) is 33.2 Å². The lowest BCUT2D eigenvalue weighted by Crippen LogP contribution is -2.40. The average Bonchev–Trinajstić information content (AvgIpc) is 3.05. The van der Waals surface area contributed by atoms with Gasteiger partial charge in [0.25, 0.3) is 0 Å². The highest BCUT2D eigenvalue weighted by Gasteiger charge is 2.31. The first kappa shape index (κ1) is 12.4. The summed E-state index contributed by atoms with van der Waals surface area (Å²) in [5.74, 6) is 0.248. The van der Waals surface area contributed by atoms with Crippen molar-refractivity contribution < 1.29 is 9.59 Å². The minimum absolute atomic E-state index is 0.189. The summed E-state index contributed by atoms with van der Waals surface area (Å²) < 4.78 is 0. The van der Waals surface area contributed by atoms with Gasteiger partial charge in [-0.2, -0.15) is 0 Å². The van der Waals surface area contributed by atoms with Crippen molar-refractivity contribution in [3.05, 3.63) is 0 Å². The van der Waals surface area contributed by atoms with Crippen LogP contribution in [0.1, 0.15) is 19.3 Å². The number of primary amides is 1. The monoisotopic (exact) mass is 239 g/mol. The molecule has 0 aromatic heterocycles. The van der Waals surface area contributed by atoms with Crippen molar-refractivity contribution >= 4 is 11.8 Å². The fourth-order valence-electron chi connectivity index (χ4n) is 2.28. The van der Waals surface area contributed by atoms with Gasteiger partial charge < -0.3 is 15.5 Å². The number of nitrogens with zero attached hydrogens (tertiary/aromatic N) is 2. The van der Waals surface area contributed by atoms with Crippen LogP contribution in [0, 0.1) is 11.8 Å². The molecule has 5 nitrogen and oxygen atoms in total. The summed E-state index contributed by atoms with van der Waals surface area (Å²) in [6.07, 6.45) is 3.01. The topological polar surface area (TPSA) is 66.6 Å². The minimum Gasteiger partial charge on any atom is -0.369 e. The smallest absolute Gasteiger partial charge is 0.223 e. The standard InChI is InChI=1S/C12H21N3O2/c1-14-4-5-15(8-10(7-14)12(13)17)11(16)6-9-2-3-9/h9-10H,2-8H2,1H3,(H2,13,17)/t10-/m1/s1. The molecule has 1 aliphatic carbocycles. The fourth-order valence-corrected chi connectivity index (χ4v) is 2.28. The molecule has 1 atom stereocenters. The maximum absolute atomic E-state index is 12.0. The molecule has 1 aliphatic heterocycles. The molecule has 5 heteroatoms. The van der Waals surface area contributed by atoms with E-state index in [9.17, 15) is 9.59 Å². The SMILES string of the molecule is CN1CCN(C(=O)CC2CC2)C[C@H](C(N)=O)C1. The maximum atomic E-state index is 12.0. The number of carbonyl (C=O) groups excluding carboxylic acids is 2. The highest BCUT2D eigenvalue weighted by Crippen LogP contribution is 2.33. The van der Waals surface area contributed by atoms with Crippen LogP contribution in [0.15, 0.2) is 0 Å². The van der Waals surface area contributed by atoms with Crippen LogP contribution in [0.25, 0.3) is 0 Å². The van der Waals surface area contributed by atoms with Crippen LogP contribution in [0.4, 0.5) is 0 Å². The van der Waals surface area contributed by atoms with Crippen molar-refractivity contribution in [2.24, 2.45) is 17.6 Å². The Balaban J connectivity index is 1.95. The normalized spacial score (nSPS) is 26.6. The van der Waals surface area contributed by atoms with Crippen molar-refractivity contribution in [1.29, 1.82) is 0 Å². The molecule has 0 spiro atoms. The molecule has 17 heavy (non-hydrogen) atoms. The van der Waals surface area contributed by atoms with E-state index in [4.69, 9.17) is 5.73 Å². The molecule has 0 aromatic rings. The van der Waals surface area contributed by atoms with Crippen LogP contribution >= 0.6 is 0 Å². The number of carbonyl (C=O) groups is 2. The van der Waals surface area contributed by atoms with Gasteiger partial charge in [0, 0.05) is 32.6 Å². The summed E-state index contributed by atoms with van der Waals surface area (Å²) >= 11 is 0. The lowest BCUT2D eigenvalue weighted by molar-refractivity contribution is -0.132. The van der Waals surface area contributed by atoms with Crippen LogP contribution < -0.4 is 5.73 Å². The van der Waals surface area contributed by atoms with E-state index in [1.54, 1.807) is 0 Å². The molecule has 2 rings (SSSR count). The number of likely N-dealkylation sites (N-methyl/N-ethyl adjacent to an activating group) is 1. The molecule has 0 radical (unpaired) electrons. The third-order valence-corrected chi connectivity index (χ3v) is 3.64. The van der Waals surface area contributed by atoms with Gasteiger partial charge in [0.2, 0.25) is 11.8 Å². The Morgan fingerprint density at radius 1 is 1.24 bits per heavy atom. The Labute approximate surface area is 102 Å². The summed E-state index contributed by atoms with van der Waals surface area (Å²) in [5, 5.41) is 0. The van der Waals surface area contributed by atoms with Crippen LogP contribution in [0.5, 0.6) is 0 Å². The summed E-state index contributed by atoms with van der Waals surface area (Å²) in [6, 6.07) is 0. The Hall–Kier alpha value is -1.10. The number of nitrogens with two attached hydrogens (primary N) is 1. The van der Waals surface area contributed by atoms with Gasteiger partial charge in [0.15, 0.2) is 0 Å². The molecule has 2 fully saturated rings. The molecule has 96 valence electrons. The molecule has 1 saturated heterocycles. The molecular formula is C12H21N3O2. The molecule has 0 aromatic carbocycles. The van der Waals surface area contributed by atoms with Gasteiger partial charge >= 0.3 is 0 Å². The molecule has 0 unspecified atom stereocenters. The lowest BCUT2D eigenvalue weighted by atomic mass is 10.1. The summed E-state index contributed by atoms with van der Waals surface area (Å²) in [6.45, 7) is 2.68. The summed E-state index contributed by atoms with van der Waals surface area (Å²) in [5.41, 5.74) is 5.37. The molecule has 2 aliphatic rings. The Kier molecular flexibility index (Phi) is 3.66. The second-order valence-electron chi connectivity index (χ2n) is 5.35. The van der Waals surface area contributed by atoms with Crippen LogP contribution in [-0.2, 0) is 9.59 Å². The van der Waals surface area contributed by atoms with Crippen LogP contribution in [0.3, 0.4) is 0 Å². The molecular weight excluding hydrogens is 218 g/mol. The van der Waals surface area contributed by atoms with E-state index in [-0.39, 0.29) is 17.7 Å². The highest BCUT2D eigenvalue weighted by molar-refractivity contribution is 5.80. The van der Waals surface area contributed by atoms with Gasteiger partial charge in [0.1, 0.15) is 0 Å². The van der Waals surface area contributed by atoms with Crippen LogP contribution in [0.2, 0.25) is 0 Å². The highest BCUT2D eigenvalue weighted by atomic mass is 16.2. The zero-order valence-electron chi connectivity index (χ0n) is 10.4. The summed E-state index contributed by atoms with van der Waals surface area (Å²) in [4.78, 5) is 27.2. The largest absolute Gasteiger partial charge is 0.369 e. The second kappa shape index (κ2) is 5.04. The van der Waals surface area contributed by atoms with Gasteiger partial charge in [-0.25, -0.2) is 0 Å². The third-order valence-electron chi connectivity index (χ3n) is 3.64. The fraction of sp³-hybridized carbons (Fsp3) is 0.833. The zero-order chi connectivity index (χ0) is 12.4. The predicted molar refractivity (Wildman–Crippen MR) is 64.1 cm³/mol. The average molecular weight is 239 g/mol. The molecule has 1 heterocycles. The van der Waals surface area contributed by atoms with Gasteiger partial charge in [-0.1, -0.05) is 0 Å². The predicted octanol–water partition coefficient (Wildman–Crippen LogP) is -0.338. The number of rotatable bonds is 3. The van der Waals surface area contributed by atoms with E-state index in [1.807, 2.05) is 11.9 Å². The van der Waals surface area contributed by atoms with E-state index in [0.717, 1.165) is 6.54 Å². The summed E-state index contributed by atoms with van der Waals surface area (Å²) in [7, 11) is 1.96. The van der Waals surface area contributed by atoms with E-state index < -0.39 is 0 Å². The van der Waals surface area contributed by atoms with Gasteiger partial charge in [0.05, 0.1) is 5.92 Å². The van der Waals surface area contributed by atoms with Crippen molar-refractivity contribution in [3.8, 4) is 0 Å². The molecule has 2 amide bonds. The minimum atomic E-state index is -0.303. The zero-order valence-corrected chi connectivity index (χ0v) is 10.4. The lowest BCUT2D eigenvalue weighted by Gasteiger charge is -2.22. The van der Waals surface area contributed by atoms with E-state index >= 15 is 0 Å². The van der Waals surface area contributed by atoms with Crippen LogP contribution in [-0.4, -0.2) is 54.8 Å². The maximum Gasteiger partial charge on any atom is 0.223 e. The number of hydrogen-bond acceptors (Lipinski definition) is 3. The first-order chi connectivity index (χ1) is 8.06. The number of amides is 2. The Morgan fingerprint density at radius 3 is 2.53 bits per heavy atom. The quantitative estimate of drug-likeness (QED) is 0.733. The van der Waals surface area contributed by atoms with Crippen molar-refractivity contribution in [2.45, 2.75) is 19.3 Å². The van der Waals surface area contributed by atoms with Crippen molar-refractivity contribution in [3.63, 3.8) is 0 Å². The van der Waals surface area contributed by atoms with E-state index in [2.05, 4.69) is 4.90 Å². The van der Waals surface area contributed by atoms with Gasteiger partial charge in [-0.3, -0.25) is 9.59 Å². The second-order valence-corrected chi connectivity index (χ2v) is 5.35. The number of hydrogen-bond donors (Lipinski definition) is 1.